The van der Waals surface area contributed by atoms with Crippen molar-refractivity contribution in [3.63, 3.8) is 0 Å². The number of nitrogens with one attached hydrogen (secondary N) is 1. The Hall–Kier alpha value is -1.34. The summed E-state index contributed by atoms with van der Waals surface area (Å²) in [4.78, 5) is 28.7. The van der Waals surface area contributed by atoms with Gasteiger partial charge < -0.3 is 15.3 Å². The SMILES string of the molecule is O=C(NCC(=O)N1CCC(N2CCC(O)CC2)C1)c1ccc(Cl)c(Cl)c1. The lowest BCUT2D eigenvalue weighted by atomic mass is 10.1. The molecular formula is C18H23Cl2N3O3. The van der Waals surface area contributed by atoms with Gasteiger partial charge in [0.2, 0.25) is 5.91 Å². The third kappa shape index (κ3) is 4.68. The van der Waals surface area contributed by atoms with Crippen LogP contribution in [0.3, 0.4) is 0 Å². The van der Waals surface area contributed by atoms with E-state index in [0.29, 0.717) is 34.7 Å². The number of rotatable bonds is 4. The summed E-state index contributed by atoms with van der Waals surface area (Å²) in [5.41, 5.74) is 0.373. The first-order valence-electron chi connectivity index (χ1n) is 8.87. The predicted octanol–water partition coefficient (Wildman–Crippen LogP) is 1.78. The second kappa shape index (κ2) is 8.57. The zero-order chi connectivity index (χ0) is 18.7. The highest BCUT2D eigenvalue weighted by Gasteiger charge is 2.32. The summed E-state index contributed by atoms with van der Waals surface area (Å²) in [6.45, 7) is 3.09. The third-order valence-corrected chi connectivity index (χ3v) is 5.85. The molecular weight excluding hydrogens is 377 g/mol. The summed E-state index contributed by atoms with van der Waals surface area (Å²) in [6.07, 6.45) is 2.33. The molecule has 6 nitrogen and oxygen atoms in total. The molecule has 2 aliphatic rings. The number of carbonyl (C=O) groups is 2. The Balaban J connectivity index is 1.46. The van der Waals surface area contributed by atoms with Crippen LogP contribution in [0.25, 0.3) is 0 Å². The lowest BCUT2D eigenvalue weighted by Gasteiger charge is -2.34. The van der Waals surface area contributed by atoms with Crippen LogP contribution in [0, 0.1) is 0 Å². The van der Waals surface area contributed by atoms with Crippen LogP contribution >= 0.6 is 23.2 Å². The van der Waals surface area contributed by atoms with E-state index >= 15 is 0 Å². The van der Waals surface area contributed by atoms with E-state index in [-0.39, 0.29) is 24.5 Å². The van der Waals surface area contributed by atoms with Crippen molar-refractivity contribution in [3.05, 3.63) is 33.8 Å². The molecule has 142 valence electrons. The van der Waals surface area contributed by atoms with Gasteiger partial charge in [0.1, 0.15) is 0 Å². The topological polar surface area (TPSA) is 72.9 Å². The fourth-order valence-electron chi connectivity index (χ4n) is 3.52. The normalized spacial score (nSPS) is 21.8. The molecule has 8 heteroatoms. The van der Waals surface area contributed by atoms with E-state index in [1.54, 1.807) is 17.0 Å². The van der Waals surface area contributed by atoms with Crippen molar-refractivity contribution >= 4 is 35.0 Å². The number of piperidine rings is 1. The van der Waals surface area contributed by atoms with Gasteiger partial charge in [0.05, 0.1) is 22.7 Å². The van der Waals surface area contributed by atoms with Gasteiger partial charge in [-0.25, -0.2) is 0 Å². The monoisotopic (exact) mass is 399 g/mol. The molecule has 1 aromatic carbocycles. The summed E-state index contributed by atoms with van der Waals surface area (Å²) in [5, 5.41) is 12.9. The number of carbonyl (C=O) groups excluding carboxylic acids is 2. The molecule has 2 N–H and O–H groups in total. The minimum absolute atomic E-state index is 0.0372. The van der Waals surface area contributed by atoms with E-state index in [2.05, 4.69) is 10.2 Å². The zero-order valence-electron chi connectivity index (χ0n) is 14.5. The minimum atomic E-state index is -0.349. The van der Waals surface area contributed by atoms with Crippen LogP contribution < -0.4 is 5.32 Å². The number of nitrogens with zero attached hydrogens (tertiary/aromatic N) is 2. The zero-order valence-corrected chi connectivity index (χ0v) is 16.0. The van der Waals surface area contributed by atoms with Crippen LogP contribution in [0.4, 0.5) is 0 Å². The Kier molecular flexibility index (Phi) is 6.40. The molecule has 1 atom stereocenters. The first-order valence-corrected chi connectivity index (χ1v) is 9.63. The van der Waals surface area contributed by atoms with Gasteiger partial charge in [-0.05, 0) is 37.5 Å². The van der Waals surface area contributed by atoms with E-state index in [4.69, 9.17) is 23.2 Å². The molecule has 0 spiro atoms. The van der Waals surface area contributed by atoms with E-state index in [1.165, 1.54) is 6.07 Å². The summed E-state index contributed by atoms with van der Waals surface area (Å²) in [5.74, 6) is -0.435. The summed E-state index contributed by atoms with van der Waals surface area (Å²) < 4.78 is 0. The van der Waals surface area contributed by atoms with Crippen LogP contribution in [-0.4, -0.2) is 71.6 Å². The first-order chi connectivity index (χ1) is 12.4. The molecule has 0 aromatic heterocycles. The summed E-state index contributed by atoms with van der Waals surface area (Å²) in [7, 11) is 0. The number of hydrogen-bond donors (Lipinski definition) is 2. The van der Waals surface area contributed by atoms with Crippen molar-refractivity contribution in [2.24, 2.45) is 0 Å². The second-order valence-electron chi connectivity index (χ2n) is 6.86. The highest BCUT2D eigenvalue weighted by atomic mass is 35.5. The van der Waals surface area contributed by atoms with Gasteiger partial charge in [0, 0.05) is 37.8 Å². The molecule has 2 aliphatic heterocycles. The smallest absolute Gasteiger partial charge is 0.251 e. The summed E-state index contributed by atoms with van der Waals surface area (Å²) >= 11 is 11.8. The number of amides is 2. The fraction of sp³-hybridized carbons (Fsp3) is 0.556. The molecule has 0 bridgehead atoms. The Morgan fingerprint density at radius 2 is 1.85 bits per heavy atom. The largest absolute Gasteiger partial charge is 0.393 e. The molecule has 1 unspecified atom stereocenters. The molecule has 0 saturated carbocycles. The predicted molar refractivity (Wildman–Crippen MR) is 101 cm³/mol. The maximum atomic E-state index is 12.4. The average Bonchev–Trinajstić information content (AvgIpc) is 3.12. The first kappa shape index (κ1) is 19.4. The number of aliphatic hydroxyl groups excluding tert-OH is 1. The quantitative estimate of drug-likeness (QED) is 0.809. The number of halogens is 2. The Bertz CT molecular complexity index is 678. The molecule has 3 rings (SSSR count). The molecule has 0 aliphatic carbocycles. The lowest BCUT2D eigenvalue weighted by Crippen LogP contribution is -2.45. The third-order valence-electron chi connectivity index (χ3n) is 5.11. The molecule has 2 amide bonds. The van der Waals surface area contributed by atoms with E-state index in [0.717, 1.165) is 32.4 Å². The number of hydrogen-bond acceptors (Lipinski definition) is 4. The molecule has 26 heavy (non-hydrogen) atoms. The van der Waals surface area contributed by atoms with E-state index in [9.17, 15) is 14.7 Å². The van der Waals surface area contributed by atoms with Gasteiger partial charge in [0.15, 0.2) is 0 Å². The fourth-order valence-corrected chi connectivity index (χ4v) is 3.82. The van der Waals surface area contributed by atoms with Crippen molar-refractivity contribution < 1.29 is 14.7 Å². The van der Waals surface area contributed by atoms with Gasteiger partial charge in [-0.1, -0.05) is 23.2 Å². The number of benzene rings is 1. The Labute approximate surface area is 163 Å². The van der Waals surface area contributed by atoms with Gasteiger partial charge in [-0.15, -0.1) is 0 Å². The Morgan fingerprint density at radius 1 is 1.12 bits per heavy atom. The van der Waals surface area contributed by atoms with Crippen molar-refractivity contribution in [3.8, 4) is 0 Å². The highest BCUT2D eigenvalue weighted by molar-refractivity contribution is 6.42. The van der Waals surface area contributed by atoms with Crippen LogP contribution in [0.5, 0.6) is 0 Å². The maximum Gasteiger partial charge on any atom is 0.251 e. The second-order valence-corrected chi connectivity index (χ2v) is 7.68. The van der Waals surface area contributed by atoms with Crippen LogP contribution in [0.2, 0.25) is 10.0 Å². The van der Waals surface area contributed by atoms with Gasteiger partial charge in [-0.3, -0.25) is 14.5 Å². The summed E-state index contributed by atoms with van der Waals surface area (Å²) in [6, 6.07) is 4.96. The van der Waals surface area contributed by atoms with Crippen molar-refractivity contribution in [1.29, 1.82) is 0 Å². The molecule has 2 heterocycles. The molecule has 1 aromatic rings. The minimum Gasteiger partial charge on any atom is -0.393 e. The molecule has 0 radical (unpaired) electrons. The van der Waals surface area contributed by atoms with Gasteiger partial charge >= 0.3 is 0 Å². The van der Waals surface area contributed by atoms with E-state index < -0.39 is 0 Å². The standard InChI is InChI=1S/C18H23Cl2N3O3/c19-15-2-1-12(9-16(15)20)18(26)21-10-17(25)23-6-3-13(11-23)22-7-4-14(24)5-8-22/h1-2,9,13-14,24H,3-8,10-11H2,(H,21,26). The average molecular weight is 400 g/mol. The van der Waals surface area contributed by atoms with Gasteiger partial charge in [0.25, 0.3) is 5.91 Å². The van der Waals surface area contributed by atoms with Crippen LogP contribution in [-0.2, 0) is 4.79 Å². The highest BCUT2D eigenvalue weighted by Crippen LogP contribution is 2.23. The molecule has 2 fully saturated rings. The maximum absolute atomic E-state index is 12.4. The Morgan fingerprint density at radius 3 is 2.54 bits per heavy atom. The van der Waals surface area contributed by atoms with Crippen molar-refractivity contribution in [2.45, 2.75) is 31.4 Å². The van der Waals surface area contributed by atoms with Crippen molar-refractivity contribution in [2.75, 3.05) is 32.7 Å². The number of likely N-dealkylation sites (tertiary alicyclic amines) is 2. The van der Waals surface area contributed by atoms with Crippen LogP contribution in [0.15, 0.2) is 18.2 Å². The van der Waals surface area contributed by atoms with Crippen molar-refractivity contribution in [1.82, 2.24) is 15.1 Å². The number of aliphatic hydroxyl groups is 1. The lowest BCUT2D eigenvalue weighted by molar-refractivity contribution is -0.129. The molecule has 2 saturated heterocycles. The van der Waals surface area contributed by atoms with E-state index in [1.807, 2.05) is 0 Å². The van der Waals surface area contributed by atoms with Gasteiger partial charge in [-0.2, -0.15) is 0 Å². The van der Waals surface area contributed by atoms with Crippen LogP contribution in [0.1, 0.15) is 29.6 Å².